The van der Waals surface area contributed by atoms with Gasteiger partial charge in [0.25, 0.3) is 0 Å². The zero-order valence-electron chi connectivity index (χ0n) is 10.2. The van der Waals surface area contributed by atoms with Crippen LogP contribution in [-0.4, -0.2) is 36.6 Å². The molecule has 0 amide bonds. The number of ether oxygens (including phenoxy) is 1. The van der Waals surface area contributed by atoms with Crippen LogP contribution < -0.4 is 0 Å². The van der Waals surface area contributed by atoms with Crippen LogP contribution in [0.2, 0.25) is 0 Å². The van der Waals surface area contributed by atoms with E-state index in [9.17, 15) is 4.79 Å². The third-order valence-corrected chi connectivity index (χ3v) is 3.27. The summed E-state index contributed by atoms with van der Waals surface area (Å²) in [5, 5.41) is 2.97. The fourth-order valence-electron chi connectivity index (χ4n) is 1.39. The predicted octanol–water partition coefficient (Wildman–Crippen LogP) is 2.01. The molecule has 0 aliphatic carbocycles. The number of aromatic nitrogens is 1. The fraction of sp³-hybridized carbons (Fsp3) is 0.636. The largest absolute Gasteiger partial charge is 0.466 e. The zero-order chi connectivity index (χ0) is 12.1. The Labute approximate surface area is 100 Å². The van der Waals surface area contributed by atoms with Gasteiger partial charge in [0.15, 0.2) is 0 Å². The first kappa shape index (κ1) is 13.1. The van der Waals surface area contributed by atoms with Gasteiger partial charge < -0.3 is 4.74 Å². The van der Waals surface area contributed by atoms with E-state index in [-0.39, 0.29) is 12.0 Å². The van der Waals surface area contributed by atoms with Crippen molar-refractivity contribution in [3.05, 3.63) is 16.1 Å². The third-order valence-electron chi connectivity index (χ3n) is 2.21. The lowest BCUT2D eigenvalue weighted by Crippen LogP contribution is -2.23. The Morgan fingerprint density at radius 2 is 2.31 bits per heavy atom. The normalized spacial score (nSPS) is 12.8. The molecule has 0 bridgehead atoms. The molecule has 0 aromatic carbocycles. The van der Waals surface area contributed by atoms with Crippen LogP contribution in [0.3, 0.4) is 0 Å². The zero-order valence-corrected chi connectivity index (χ0v) is 11.0. The first-order valence-corrected chi connectivity index (χ1v) is 6.16. The topological polar surface area (TPSA) is 42.4 Å². The van der Waals surface area contributed by atoms with Crippen LogP contribution in [0.5, 0.6) is 0 Å². The van der Waals surface area contributed by atoms with Gasteiger partial charge >= 0.3 is 5.97 Å². The lowest BCUT2D eigenvalue weighted by Gasteiger charge is -2.21. The van der Waals surface area contributed by atoms with Gasteiger partial charge in [0.1, 0.15) is 5.01 Å². The van der Waals surface area contributed by atoms with E-state index in [2.05, 4.69) is 4.98 Å². The van der Waals surface area contributed by atoms with Gasteiger partial charge in [0, 0.05) is 11.1 Å². The van der Waals surface area contributed by atoms with Gasteiger partial charge in [0.2, 0.25) is 0 Å². The molecule has 0 radical (unpaired) electrons. The van der Waals surface area contributed by atoms with Gasteiger partial charge in [0.05, 0.1) is 19.1 Å². The minimum absolute atomic E-state index is 0.0118. The van der Waals surface area contributed by atoms with E-state index in [0.717, 1.165) is 10.7 Å². The van der Waals surface area contributed by atoms with Crippen molar-refractivity contribution in [3.8, 4) is 0 Å². The molecule has 0 spiro atoms. The van der Waals surface area contributed by atoms with Gasteiger partial charge in [-0.15, -0.1) is 11.3 Å². The van der Waals surface area contributed by atoms with Crippen molar-refractivity contribution >= 4 is 17.3 Å². The number of carbonyl (C=O) groups is 1. The summed E-state index contributed by atoms with van der Waals surface area (Å²) in [7, 11) is 3.89. The summed E-state index contributed by atoms with van der Waals surface area (Å²) in [5.41, 5.74) is 0.996. The van der Waals surface area contributed by atoms with Crippen LogP contribution in [-0.2, 0) is 9.53 Å². The molecule has 1 heterocycles. The average molecular weight is 242 g/mol. The predicted molar refractivity (Wildman–Crippen MR) is 64.5 cm³/mol. The van der Waals surface area contributed by atoms with Gasteiger partial charge in [-0.2, -0.15) is 0 Å². The van der Waals surface area contributed by atoms with E-state index in [1.807, 2.05) is 38.2 Å². The van der Waals surface area contributed by atoms with Crippen molar-refractivity contribution in [1.29, 1.82) is 0 Å². The number of hydrogen-bond donors (Lipinski definition) is 0. The molecule has 5 heteroatoms. The van der Waals surface area contributed by atoms with Crippen LogP contribution in [0.1, 0.15) is 30.1 Å². The van der Waals surface area contributed by atoms with E-state index in [1.165, 1.54) is 0 Å². The second kappa shape index (κ2) is 5.96. The van der Waals surface area contributed by atoms with Crippen molar-refractivity contribution in [3.63, 3.8) is 0 Å². The molecular weight excluding hydrogens is 224 g/mol. The number of hydrogen-bond acceptors (Lipinski definition) is 5. The Hall–Kier alpha value is -0.940. The first-order chi connectivity index (χ1) is 7.54. The summed E-state index contributed by atoms with van der Waals surface area (Å²) in [4.78, 5) is 17.9. The summed E-state index contributed by atoms with van der Waals surface area (Å²) >= 11 is 1.59. The van der Waals surface area contributed by atoms with Crippen LogP contribution in [0.4, 0.5) is 0 Å². The molecule has 0 N–H and O–H groups in total. The van der Waals surface area contributed by atoms with E-state index in [0.29, 0.717) is 13.0 Å². The maximum atomic E-state index is 11.5. The Balaban J connectivity index is 2.72. The maximum Gasteiger partial charge on any atom is 0.307 e. The number of carbonyl (C=O) groups excluding carboxylic acids is 1. The monoisotopic (exact) mass is 242 g/mol. The number of nitrogens with zero attached hydrogens (tertiary/aromatic N) is 2. The molecule has 0 saturated heterocycles. The van der Waals surface area contributed by atoms with Crippen molar-refractivity contribution < 1.29 is 9.53 Å². The molecule has 1 unspecified atom stereocenters. The third kappa shape index (κ3) is 3.57. The summed E-state index contributed by atoms with van der Waals surface area (Å²) in [5.74, 6) is -0.172. The number of thiazole rings is 1. The maximum absolute atomic E-state index is 11.5. The highest BCUT2D eigenvalue weighted by Crippen LogP contribution is 2.25. The Bertz CT molecular complexity index is 350. The second-order valence-corrected chi connectivity index (χ2v) is 4.71. The lowest BCUT2D eigenvalue weighted by molar-refractivity contribution is -0.144. The quantitative estimate of drug-likeness (QED) is 0.741. The van der Waals surface area contributed by atoms with Crippen LogP contribution in [0.25, 0.3) is 0 Å². The minimum Gasteiger partial charge on any atom is -0.466 e. The summed E-state index contributed by atoms with van der Waals surface area (Å²) in [6, 6.07) is 0.0118. The van der Waals surface area contributed by atoms with Gasteiger partial charge in [-0.1, -0.05) is 0 Å². The van der Waals surface area contributed by atoms with Gasteiger partial charge in [-0.25, -0.2) is 4.98 Å². The number of aryl methyl sites for hydroxylation is 1. The fourth-order valence-corrected chi connectivity index (χ4v) is 2.39. The Morgan fingerprint density at radius 1 is 1.62 bits per heavy atom. The van der Waals surface area contributed by atoms with Crippen LogP contribution >= 0.6 is 11.3 Å². The smallest absolute Gasteiger partial charge is 0.307 e. The Kier molecular flexibility index (Phi) is 4.89. The molecule has 1 aromatic rings. The molecule has 0 aliphatic heterocycles. The molecule has 0 saturated carbocycles. The SMILES string of the molecule is CCOC(=O)CC(c1nc(C)cs1)N(C)C. The molecule has 1 rings (SSSR count). The first-order valence-electron chi connectivity index (χ1n) is 5.28. The van der Waals surface area contributed by atoms with E-state index >= 15 is 0 Å². The lowest BCUT2D eigenvalue weighted by atomic mass is 10.2. The van der Waals surface area contributed by atoms with E-state index < -0.39 is 0 Å². The molecule has 1 aromatic heterocycles. The van der Waals surface area contributed by atoms with Crippen LogP contribution in [0, 0.1) is 6.92 Å². The summed E-state index contributed by atoms with van der Waals surface area (Å²) < 4.78 is 4.96. The Morgan fingerprint density at radius 3 is 2.75 bits per heavy atom. The number of esters is 1. The number of rotatable bonds is 5. The highest BCUT2D eigenvalue weighted by Gasteiger charge is 2.21. The van der Waals surface area contributed by atoms with E-state index in [1.54, 1.807) is 11.3 Å². The summed E-state index contributed by atoms with van der Waals surface area (Å²) in [6.45, 7) is 4.20. The van der Waals surface area contributed by atoms with Crippen molar-refractivity contribution in [2.45, 2.75) is 26.3 Å². The molecule has 16 heavy (non-hydrogen) atoms. The average Bonchev–Trinajstić information content (AvgIpc) is 2.61. The van der Waals surface area contributed by atoms with Crippen molar-refractivity contribution in [2.24, 2.45) is 0 Å². The molecule has 0 aliphatic rings. The molecule has 4 nitrogen and oxygen atoms in total. The van der Waals surface area contributed by atoms with Gasteiger partial charge in [-0.3, -0.25) is 9.69 Å². The molecule has 1 atom stereocenters. The molecule has 0 fully saturated rings. The van der Waals surface area contributed by atoms with Crippen molar-refractivity contribution in [2.75, 3.05) is 20.7 Å². The molecule has 90 valence electrons. The molecular formula is C11H18N2O2S. The second-order valence-electron chi connectivity index (χ2n) is 3.82. The minimum atomic E-state index is -0.172. The highest BCUT2D eigenvalue weighted by molar-refractivity contribution is 7.09. The van der Waals surface area contributed by atoms with E-state index in [4.69, 9.17) is 4.74 Å². The van der Waals surface area contributed by atoms with Crippen molar-refractivity contribution in [1.82, 2.24) is 9.88 Å². The highest BCUT2D eigenvalue weighted by atomic mass is 32.1. The van der Waals surface area contributed by atoms with Crippen LogP contribution in [0.15, 0.2) is 5.38 Å². The summed E-state index contributed by atoms with van der Waals surface area (Å²) in [6.07, 6.45) is 0.355. The van der Waals surface area contributed by atoms with Gasteiger partial charge in [-0.05, 0) is 27.9 Å². The standard InChI is InChI=1S/C11H18N2O2S/c1-5-15-10(14)6-9(13(3)4)11-12-8(2)7-16-11/h7,9H,5-6H2,1-4H3.